The minimum absolute atomic E-state index is 0.0405. The molecule has 0 spiro atoms. The van der Waals surface area contributed by atoms with Crippen LogP contribution in [0.25, 0.3) is 5.70 Å². The normalized spacial score (nSPS) is 20.4. The molecule has 1 amide bonds. The third kappa shape index (κ3) is 2.50. The molecule has 4 heteroatoms. The Labute approximate surface area is 120 Å². The third-order valence-corrected chi connectivity index (χ3v) is 4.18. The van der Waals surface area contributed by atoms with Crippen LogP contribution in [-0.4, -0.2) is 21.3 Å². The van der Waals surface area contributed by atoms with Crippen molar-refractivity contribution >= 4 is 45.8 Å². The van der Waals surface area contributed by atoms with Gasteiger partial charge in [0.2, 0.25) is 5.91 Å². The van der Waals surface area contributed by atoms with E-state index in [1.54, 1.807) is 0 Å². The number of carbonyl (C=O) groups is 1. The van der Waals surface area contributed by atoms with Crippen LogP contribution < -0.4 is 0 Å². The predicted octanol–water partition coefficient (Wildman–Crippen LogP) is 3.74. The van der Waals surface area contributed by atoms with Crippen LogP contribution in [-0.2, 0) is 4.79 Å². The van der Waals surface area contributed by atoms with Crippen LogP contribution in [0, 0.1) is 0 Å². The molecular weight excluding hydrogens is 349 g/mol. The molecule has 1 atom stereocenters. The van der Waals surface area contributed by atoms with Crippen molar-refractivity contribution in [2.45, 2.75) is 17.3 Å². The highest BCUT2D eigenvalue weighted by Gasteiger charge is 2.28. The van der Waals surface area contributed by atoms with E-state index in [0.717, 1.165) is 17.7 Å². The molecule has 2 rings (SSSR count). The number of carbonyl (C=O) groups excluding carboxylic acids is 1. The van der Waals surface area contributed by atoms with Gasteiger partial charge in [0.15, 0.2) is 0 Å². The first-order valence-electron chi connectivity index (χ1n) is 5.55. The van der Waals surface area contributed by atoms with Crippen LogP contribution >= 0.6 is 34.2 Å². The number of rotatable bonds is 2. The summed E-state index contributed by atoms with van der Waals surface area (Å²) in [5.41, 5.74) is 1.88. The maximum Gasteiger partial charge on any atom is 0.240 e. The number of hydrogen-bond acceptors (Lipinski definition) is 1. The van der Waals surface area contributed by atoms with Crippen LogP contribution in [0.1, 0.15) is 18.9 Å². The summed E-state index contributed by atoms with van der Waals surface area (Å²) >= 11 is 8.37. The van der Waals surface area contributed by atoms with Gasteiger partial charge in [0.1, 0.15) is 0 Å². The summed E-state index contributed by atoms with van der Waals surface area (Å²) in [6.07, 6.45) is 2.87. The smallest absolute Gasteiger partial charge is 0.240 e. The SMILES string of the molecule is CCN1C(=O)C(I)CC=C1c1ccccc1Cl. The van der Waals surface area contributed by atoms with Gasteiger partial charge in [-0.25, -0.2) is 0 Å². The molecule has 17 heavy (non-hydrogen) atoms. The van der Waals surface area contributed by atoms with Gasteiger partial charge < -0.3 is 4.90 Å². The molecule has 0 fully saturated rings. The zero-order valence-corrected chi connectivity index (χ0v) is 12.4. The number of hydrogen-bond donors (Lipinski definition) is 0. The van der Waals surface area contributed by atoms with Crippen LogP contribution in [0.5, 0.6) is 0 Å². The first-order valence-corrected chi connectivity index (χ1v) is 7.18. The molecule has 0 bridgehead atoms. The lowest BCUT2D eigenvalue weighted by Crippen LogP contribution is -2.38. The molecule has 1 aliphatic rings. The number of nitrogens with zero attached hydrogens (tertiary/aromatic N) is 1. The molecule has 1 aromatic rings. The number of amides is 1. The first-order chi connectivity index (χ1) is 8.15. The van der Waals surface area contributed by atoms with Gasteiger partial charge in [-0.3, -0.25) is 4.79 Å². The zero-order valence-electron chi connectivity index (χ0n) is 9.49. The Kier molecular flexibility index (Phi) is 4.09. The zero-order chi connectivity index (χ0) is 12.4. The van der Waals surface area contributed by atoms with Gasteiger partial charge in [-0.2, -0.15) is 0 Å². The molecule has 0 saturated heterocycles. The maximum atomic E-state index is 12.1. The minimum atomic E-state index is 0.0405. The Hall–Kier alpha value is -0.550. The van der Waals surface area contributed by atoms with Crippen LogP contribution in [0.15, 0.2) is 30.3 Å². The van der Waals surface area contributed by atoms with E-state index in [0.29, 0.717) is 11.6 Å². The minimum Gasteiger partial charge on any atom is -0.311 e. The number of alkyl halides is 1. The second-order valence-corrected chi connectivity index (χ2v) is 5.77. The molecule has 0 N–H and O–H groups in total. The summed E-state index contributed by atoms with van der Waals surface area (Å²) < 4.78 is 0.0405. The lowest BCUT2D eigenvalue weighted by atomic mass is 10.0. The molecule has 90 valence electrons. The van der Waals surface area contributed by atoms with Crippen molar-refractivity contribution in [3.63, 3.8) is 0 Å². The molecule has 1 aliphatic heterocycles. The second-order valence-electron chi connectivity index (χ2n) is 3.85. The van der Waals surface area contributed by atoms with Gasteiger partial charge in [0.25, 0.3) is 0 Å². The van der Waals surface area contributed by atoms with Crippen LogP contribution in [0.3, 0.4) is 0 Å². The van der Waals surface area contributed by atoms with E-state index in [4.69, 9.17) is 11.6 Å². The van der Waals surface area contributed by atoms with Crippen molar-refractivity contribution in [1.82, 2.24) is 4.90 Å². The highest BCUT2D eigenvalue weighted by Crippen LogP contribution is 2.32. The summed E-state index contributed by atoms with van der Waals surface area (Å²) in [6.45, 7) is 2.66. The monoisotopic (exact) mass is 361 g/mol. The number of allylic oxidation sites excluding steroid dienone is 1. The fourth-order valence-corrected chi connectivity index (χ4v) is 2.79. The van der Waals surface area contributed by atoms with Crippen LogP contribution in [0.4, 0.5) is 0 Å². The molecule has 0 radical (unpaired) electrons. The highest BCUT2D eigenvalue weighted by molar-refractivity contribution is 14.1. The fourth-order valence-electron chi connectivity index (χ4n) is 1.96. The molecule has 0 aliphatic carbocycles. The van der Waals surface area contributed by atoms with E-state index in [9.17, 15) is 4.79 Å². The summed E-state index contributed by atoms with van der Waals surface area (Å²) in [7, 11) is 0. The Morgan fingerprint density at radius 3 is 2.82 bits per heavy atom. The van der Waals surface area contributed by atoms with Crippen LogP contribution in [0.2, 0.25) is 5.02 Å². The van der Waals surface area contributed by atoms with E-state index in [-0.39, 0.29) is 9.83 Å². The van der Waals surface area contributed by atoms with Crippen molar-refractivity contribution in [2.75, 3.05) is 6.54 Å². The average molecular weight is 362 g/mol. The standard InChI is InChI=1S/C13H13ClINO/c1-2-16-12(8-7-11(15)13(16)17)9-5-3-4-6-10(9)14/h3-6,8,11H,2,7H2,1H3. The Morgan fingerprint density at radius 2 is 2.18 bits per heavy atom. The average Bonchev–Trinajstić information content (AvgIpc) is 2.33. The Balaban J connectivity index is 2.44. The van der Waals surface area contributed by atoms with Crippen molar-refractivity contribution in [1.29, 1.82) is 0 Å². The van der Waals surface area contributed by atoms with Crippen molar-refractivity contribution in [3.8, 4) is 0 Å². The second kappa shape index (κ2) is 5.40. The third-order valence-electron chi connectivity index (χ3n) is 2.81. The van der Waals surface area contributed by atoms with Gasteiger partial charge in [-0.15, -0.1) is 0 Å². The Bertz CT molecular complexity index is 472. The molecule has 0 aromatic heterocycles. The van der Waals surface area contributed by atoms with Crippen molar-refractivity contribution in [3.05, 3.63) is 40.9 Å². The lowest BCUT2D eigenvalue weighted by molar-refractivity contribution is -0.127. The molecule has 1 heterocycles. The topological polar surface area (TPSA) is 20.3 Å². The van der Waals surface area contributed by atoms with E-state index in [2.05, 4.69) is 28.7 Å². The summed E-state index contributed by atoms with van der Waals surface area (Å²) in [4.78, 5) is 13.9. The molecule has 0 saturated carbocycles. The first kappa shape index (κ1) is 12.9. The number of halogens is 2. The van der Waals surface area contributed by atoms with E-state index >= 15 is 0 Å². The van der Waals surface area contributed by atoms with Gasteiger partial charge in [0, 0.05) is 22.8 Å². The van der Waals surface area contributed by atoms with Crippen molar-refractivity contribution in [2.24, 2.45) is 0 Å². The summed E-state index contributed by atoms with van der Waals surface area (Å²) in [5, 5.41) is 0.692. The van der Waals surface area contributed by atoms with Gasteiger partial charge in [-0.05, 0) is 19.4 Å². The maximum absolute atomic E-state index is 12.1. The quantitative estimate of drug-likeness (QED) is 0.580. The number of benzene rings is 1. The highest BCUT2D eigenvalue weighted by atomic mass is 127. The van der Waals surface area contributed by atoms with E-state index < -0.39 is 0 Å². The van der Waals surface area contributed by atoms with Crippen molar-refractivity contribution < 1.29 is 4.79 Å². The Morgan fingerprint density at radius 1 is 1.47 bits per heavy atom. The van der Waals surface area contributed by atoms with E-state index in [1.165, 1.54) is 0 Å². The molecule has 1 unspecified atom stereocenters. The molecular formula is C13H13ClINO. The molecule has 2 nitrogen and oxygen atoms in total. The van der Waals surface area contributed by atoms with Gasteiger partial charge in [0.05, 0.1) is 3.92 Å². The largest absolute Gasteiger partial charge is 0.311 e. The lowest BCUT2D eigenvalue weighted by Gasteiger charge is -2.30. The van der Waals surface area contributed by atoms with Gasteiger partial charge in [-0.1, -0.05) is 58.5 Å². The fraction of sp³-hybridized carbons (Fsp3) is 0.308. The molecule has 1 aromatic carbocycles. The summed E-state index contributed by atoms with van der Waals surface area (Å²) in [6, 6.07) is 7.65. The van der Waals surface area contributed by atoms with Gasteiger partial charge >= 0.3 is 0 Å². The summed E-state index contributed by atoms with van der Waals surface area (Å²) in [5.74, 6) is 0.172. The van der Waals surface area contributed by atoms with E-state index in [1.807, 2.05) is 36.1 Å². The predicted molar refractivity (Wildman–Crippen MR) is 79.2 cm³/mol.